The van der Waals surface area contributed by atoms with E-state index >= 15 is 0 Å². The molecule has 1 aromatic rings. The van der Waals surface area contributed by atoms with Crippen molar-refractivity contribution in [1.29, 1.82) is 0 Å². The van der Waals surface area contributed by atoms with E-state index in [9.17, 15) is 9.59 Å². The third kappa shape index (κ3) is 11.8. The predicted molar refractivity (Wildman–Crippen MR) is 123 cm³/mol. The molecule has 0 N–H and O–H groups in total. The minimum atomic E-state index is -0.474. The summed E-state index contributed by atoms with van der Waals surface area (Å²) >= 11 is 0. The second-order valence-electron chi connectivity index (χ2n) is 7.69. The van der Waals surface area contributed by atoms with E-state index in [1.165, 1.54) is 51.4 Å². The summed E-state index contributed by atoms with van der Waals surface area (Å²) in [6.07, 6.45) is 17.7. The molecule has 0 radical (unpaired) electrons. The molecule has 0 atom stereocenters. The molecule has 30 heavy (non-hydrogen) atoms. The van der Waals surface area contributed by atoms with Crippen LogP contribution in [0.1, 0.15) is 112 Å². The van der Waals surface area contributed by atoms with Gasteiger partial charge in [-0.2, -0.15) is 0 Å². The number of hydrogen-bond donors (Lipinski definition) is 0. The summed E-state index contributed by atoms with van der Waals surface area (Å²) in [5.41, 5.74) is 0.550. The first kappa shape index (κ1) is 25.9. The number of unbranched alkanes of at least 4 members (excludes halogenated alkanes) is 9. The topological polar surface area (TPSA) is 52.6 Å². The minimum absolute atomic E-state index is 0.272. The first-order chi connectivity index (χ1) is 14.7. The molecule has 0 aliphatic heterocycles. The minimum Gasteiger partial charge on any atom is -0.462 e. The lowest BCUT2D eigenvalue weighted by atomic mass is 10.1. The number of ether oxygens (including phenoxy) is 2. The van der Waals surface area contributed by atoms with E-state index < -0.39 is 11.9 Å². The van der Waals surface area contributed by atoms with Crippen molar-refractivity contribution in [2.75, 3.05) is 13.2 Å². The second-order valence-corrected chi connectivity index (χ2v) is 7.69. The van der Waals surface area contributed by atoms with E-state index in [4.69, 9.17) is 9.47 Å². The lowest BCUT2D eigenvalue weighted by molar-refractivity contribution is 0.0457. The molecule has 4 heteroatoms. The van der Waals surface area contributed by atoms with Crippen molar-refractivity contribution in [3.8, 4) is 0 Å². The van der Waals surface area contributed by atoms with Crippen LogP contribution in [0.15, 0.2) is 36.4 Å². The van der Waals surface area contributed by atoms with Crippen LogP contribution in [-0.4, -0.2) is 25.2 Å². The zero-order valence-electron chi connectivity index (χ0n) is 19.0. The molecular formula is C26H40O4. The fraction of sp³-hybridized carbons (Fsp3) is 0.615. The van der Waals surface area contributed by atoms with Gasteiger partial charge in [0.05, 0.1) is 24.3 Å². The predicted octanol–water partition coefficient (Wildman–Crippen LogP) is 7.28. The first-order valence-corrected chi connectivity index (χ1v) is 11.8. The van der Waals surface area contributed by atoms with Gasteiger partial charge in [0.2, 0.25) is 0 Å². The molecule has 0 spiro atoms. The molecule has 168 valence electrons. The molecule has 4 nitrogen and oxygen atoms in total. The Morgan fingerprint density at radius 2 is 1.17 bits per heavy atom. The standard InChI is InChI=1S/C26H40O4/c1-3-5-7-9-11-12-14-18-22-30-26(28)24-20-16-15-19-23(24)25(27)29-21-17-13-10-8-6-4-2/h12,14-16,19-20H,3-11,13,17-18,21-22H2,1-2H3/b14-12+. The summed E-state index contributed by atoms with van der Waals surface area (Å²) in [5.74, 6) is -0.929. The summed E-state index contributed by atoms with van der Waals surface area (Å²) in [6, 6.07) is 6.71. The maximum Gasteiger partial charge on any atom is 0.339 e. The Labute approximate surface area is 183 Å². The van der Waals surface area contributed by atoms with Crippen molar-refractivity contribution >= 4 is 11.9 Å². The Balaban J connectivity index is 2.34. The Kier molecular flexibility index (Phi) is 15.3. The molecule has 0 unspecified atom stereocenters. The van der Waals surface area contributed by atoms with Crippen LogP contribution in [0.25, 0.3) is 0 Å². The maximum atomic E-state index is 12.4. The molecule has 1 aromatic carbocycles. The summed E-state index contributed by atoms with van der Waals surface area (Å²) in [7, 11) is 0. The van der Waals surface area contributed by atoms with Gasteiger partial charge in [0, 0.05) is 0 Å². The summed E-state index contributed by atoms with van der Waals surface area (Å²) in [5, 5.41) is 0. The van der Waals surface area contributed by atoms with Crippen LogP contribution in [0.4, 0.5) is 0 Å². The van der Waals surface area contributed by atoms with E-state index in [0.29, 0.717) is 19.6 Å². The molecule has 0 aliphatic carbocycles. The smallest absolute Gasteiger partial charge is 0.339 e. The molecule has 0 aliphatic rings. The van der Waals surface area contributed by atoms with E-state index in [1.54, 1.807) is 24.3 Å². The number of rotatable bonds is 17. The Hall–Kier alpha value is -2.10. The van der Waals surface area contributed by atoms with E-state index in [0.717, 1.165) is 19.3 Å². The third-order valence-corrected chi connectivity index (χ3v) is 5.01. The van der Waals surface area contributed by atoms with Crippen molar-refractivity contribution in [3.63, 3.8) is 0 Å². The fourth-order valence-corrected chi connectivity index (χ4v) is 3.19. The normalized spacial score (nSPS) is 11.0. The van der Waals surface area contributed by atoms with Gasteiger partial charge >= 0.3 is 11.9 Å². The SMILES string of the molecule is CCCCCC/C=C/CCOC(=O)c1ccccc1C(=O)OCCCCCCCC. The average molecular weight is 417 g/mol. The number of carbonyl (C=O) groups is 2. The lowest BCUT2D eigenvalue weighted by Gasteiger charge is -2.09. The van der Waals surface area contributed by atoms with Gasteiger partial charge in [0.1, 0.15) is 0 Å². The van der Waals surface area contributed by atoms with E-state index in [1.807, 2.05) is 0 Å². The maximum absolute atomic E-state index is 12.4. The molecule has 0 saturated carbocycles. The molecule has 0 bridgehead atoms. The van der Waals surface area contributed by atoms with Crippen molar-refractivity contribution in [1.82, 2.24) is 0 Å². The van der Waals surface area contributed by atoms with Gasteiger partial charge in [0.25, 0.3) is 0 Å². The van der Waals surface area contributed by atoms with Gasteiger partial charge in [-0.25, -0.2) is 9.59 Å². The highest BCUT2D eigenvalue weighted by Gasteiger charge is 2.18. The molecule has 0 fully saturated rings. The first-order valence-electron chi connectivity index (χ1n) is 11.8. The van der Waals surface area contributed by atoms with Crippen molar-refractivity contribution in [2.24, 2.45) is 0 Å². The monoisotopic (exact) mass is 416 g/mol. The Morgan fingerprint density at radius 1 is 0.667 bits per heavy atom. The van der Waals surface area contributed by atoms with Gasteiger partial charge in [-0.3, -0.25) is 0 Å². The Bertz CT molecular complexity index is 621. The van der Waals surface area contributed by atoms with Crippen molar-refractivity contribution in [2.45, 2.75) is 90.9 Å². The molecule has 0 saturated heterocycles. The van der Waals surface area contributed by atoms with Gasteiger partial charge in [-0.1, -0.05) is 89.5 Å². The van der Waals surface area contributed by atoms with Crippen LogP contribution < -0.4 is 0 Å². The fourth-order valence-electron chi connectivity index (χ4n) is 3.19. The van der Waals surface area contributed by atoms with Gasteiger partial charge in [0.15, 0.2) is 0 Å². The van der Waals surface area contributed by atoms with E-state index in [2.05, 4.69) is 26.0 Å². The molecule has 1 rings (SSSR count). The zero-order valence-corrected chi connectivity index (χ0v) is 19.0. The Morgan fingerprint density at radius 3 is 1.80 bits per heavy atom. The number of esters is 2. The van der Waals surface area contributed by atoms with Gasteiger partial charge in [-0.05, 0) is 37.8 Å². The van der Waals surface area contributed by atoms with Gasteiger partial charge < -0.3 is 9.47 Å². The largest absolute Gasteiger partial charge is 0.462 e. The van der Waals surface area contributed by atoms with Crippen LogP contribution in [-0.2, 0) is 9.47 Å². The van der Waals surface area contributed by atoms with Crippen LogP contribution in [0.2, 0.25) is 0 Å². The molecule has 0 heterocycles. The zero-order chi connectivity index (χ0) is 21.9. The highest BCUT2D eigenvalue weighted by atomic mass is 16.5. The second kappa shape index (κ2) is 17.7. The number of carbonyl (C=O) groups excluding carboxylic acids is 2. The summed E-state index contributed by atoms with van der Waals surface area (Å²) in [6.45, 7) is 5.09. The van der Waals surface area contributed by atoms with Crippen LogP contribution in [0.3, 0.4) is 0 Å². The molecule has 0 amide bonds. The highest BCUT2D eigenvalue weighted by molar-refractivity contribution is 6.03. The number of hydrogen-bond acceptors (Lipinski definition) is 4. The molecule has 0 aromatic heterocycles. The lowest BCUT2D eigenvalue weighted by Crippen LogP contribution is -2.14. The van der Waals surface area contributed by atoms with Crippen LogP contribution in [0.5, 0.6) is 0 Å². The van der Waals surface area contributed by atoms with Crippen molar-refractivity contribution in [3.05, 3.63) is 47.5 Å². The van der Waals surface area contributed by atoms with E-state index in [-0.39, 0.29) is 11.1 Å². The highest BCUT2D eigenvalue weighted by Crippen LogP contribution is 2.13. The van der Waals surface area contributed by atoms with Crippen LogP contribution in [0, 0.1) is 0 Å². The number of benzene rings is 1. The summed E-state index contributed by atoms with van der Waals surface area (Å²) in [4.78, 5) is 24.8. The molecular weight excluding hydrogens is 376 g/mol. The quantitative estimate of drug-likeness (QED) is 0.152. The average Bonchev–Trinajstić information content (AvgIpc) is 2.77. The van der Waals surface area contributed by atoms with Crippen LogP contribution >= 0.6 is 0 Å². The van der Waals surface area contributed by atoms with Crippen molar-refractivity contribution < 1.29 is 19.1 Å². The number of allylic oxidation sites excluding steroid dienone is 1. The van der Waals surface area contributed by atoms with Gasteiger partial charge in [-0.15, -0.1) is 0 Å². The summed E-state index contributed by atoms with van der Waals surface area (Å²) < 4.78 is 10.7. The third-order valence-electron chi connectivity index (χ3n) is 5.01.